The lowest BCUT2D eigenvalue weighted by Crippen LogP contribution is -2.27. The Balaban J connectivity index is 2.08. The summed E-state index contributed by atoms with van der Waals surface area (Å²) in [4.78, 5) is 14.9. The van der Waals surface area contributed by atoms with Gasteiger partial charge in [-0.2, -0.15) is 8.42 Å². The van der Waals surface area contributed by atoms with E-state index in [4.69, 9.17) is 21.5 Å². The van der Waals surface area contributed by atoms with Gasteiger partial charge in [0, 0.05) is 25.7 Å². The van der Waals surface area contributed by atoms with Gasteiger partial charge in [-0.25, -0.2) is 0 Å². The Morgan fingerprint density at radius 2 is 1.71 bits per heavy atom. The van der Waals surface area contributed by atoms with Gasteiger partial charge in [0.2, 0.25) is 11.8 Å². The van der Waals surface area contributed by atoms with E-state index in [1.54, 1.807) is 21.6 Å². The maximum atomic E-state index is 13.2. The summed E-state index contributed by atoms with van der Waals surface area (Å²) in [6.07, 6.45) is 4.88. The van der Waals surface area contributed by atoms with E-state index in [9.17, 15) is 18.3 Å². The number of para-hydroxylation sites is 2. The number of hydrogen-bond donors (Lipinski definition) is 2. The zero-order valence-electron chi connectivity index (χ0n) is 19.9. The van der Waals surface area contributed by atoms with Crippen LogP contribution in [0.25, 0.3) is 6.08 Å². The summed E-state index contributed by atoms with van der Waals surface area (Å²) in [5, 5.41) is 10.9. The SMILES string of the molecule is CCCCn1c(O)c(C=C=C2Oc3ccccc3N2CCCS(=O)(=O)O)c(=O)n(CCCC)c1=S. The molecule has 1 aromatic heterocycles. The lowest BCUT2D eigenvalue weighted by molar-refractivity contribution is 0.386. The van der Waals surface area contributed by atoms with Crippen LogP contribution in [-0.2, 0) is 23.2 Å². The van der Waals surface area contributed by atoms with Crippen LogP contribution in [0.2, 0.25) is 0 Å². The molecule has 1 aliphatic rings. The molecule has 0 saturated carbocycles. The third-order valence-electron chi connectivity index (χ3n) is 5.64. The molecule has 2 heterocycles. The number of unbranched alkanes of at least 4 members (excludes halogenated alkanes) is 2. The highest BCUT2D eigenvalue weighted by Crippen LogP contribution is 2.38. The molecule has 2 N–H and O–H groups in total. The number of fused-ring (bicyclic) bond motifs is 1. The Morgan fingerprint density at radius 3 is 2.37 bits per heavy atom. The molecule has 0 saturated heterocycles. The molecule has 35 heavy (non-hydrogen) atoms. The number of aromatic nitrogens is 2. The van der Waals surface area contributed by atoms with Gasteiger partial charge in [0.15, 0.2) is 10.5 Å². The molecule has 3 rings (SSSR count). The average Bonchev–Trinajstić information content (AvgIpc) is 3.15. The first-order chi connectivity index (χ1) is 16.7. The van der Waals surface area contributed by atoms with Crippen LogP contribution in [0.15, 0.2) is 40.7 Å². The summed E-state index contributed by atoms with van der Waals surface area (Å²) in [6, 6.07) is 7.21. The van der Waals surface area contributed by atoms with E-state index in [0.717, 1.165) is 25.7 Å². The number of aromatic hydroxyl groups is 1. The van der Waals surface area contributed by atoms with Crippen molar-refractivity contribution in [2.75, 3.05) is 17.2 Å². The number of nitrogens with zero attached hydrogens (tertiary/aromatic N) is 3. The van der Waals surface area contributed by atoms with Gasteiger partial charge in [0.25, 0.3) is 15.7 Å². The fraction of sp³-hybridized carbons (Fsp3) is 0.458. The molecule has 11 heteroatoms. The van der Waals surface area contributed by atoms with Gasteiger partial charge in [-0.1, -0.05) is 44.6 Å². The summed E-state index contributed by atoms with van der Waals surface area (Å²) >= 11 is 5.51. The first-order valence-electron chi connectivity index (χ1n) is 11.7. The highest BCUT2D eigenvalue weighted by atomic mass is 32.2. The van der Waals surface area contributed by atoms with Crippen molar-refractivity contribution in [3.8, 4) is 11.6 Å². The van der Waals surface area contributed by atoms with Gasteiger partial charge >= 0.3 is 0 Å². The first-order valence-corrected chi connectivity index (χ1v) is 13.7. The number of benzene rings is 1. The van der Waals surface area contributed by atoms with E-state index in [-0.39, 0.29) is 35.1 Å². The smallest absolute Gasteiger partial charge is 0.266 e. The second kappa shape index (κ2) is 11.7. The molecule has 0 radical (unpaired) electrons. The van der Waals surface area contributed by atoms with Crippen molar-refractivity contribution in [2.45, 2.75) is 59.0 Å². The summed E-state index contributed by atoms with van der Waals surface area (Å²) < 4.78 is 40.7. The molecule has 190 valence electrons. The second-order valence-corrected chi connectivity index (χ2v) is 10.2. The minimum Gasteiger partial charge on any atom is -0.494 e. The largest absolute Gasteiger partial charge is 0.494 e. The summed E-state index contributed by atoms with van der Waals surface area (Å²) in [5.74, 6) is 0.188. The molecule has 9 nitrogen and oxygen atoms in total. The Bertz CT molecular complexity index is 1350. The zero-order valence-corrected chi connectivity index (χ0v) is 21.6. The van der Waals surface area contributed by atoms with E-state index in [2.05, 4.69) is 5.73 Å². The molecule has 0 aliphatic carbocycles. The summed E-state index contributed by atoms with van der Waals surface area (Å²) in [5.41, 5.74) is 3.33. The third-order valence-corrected chi connectivity index (χ3v) is 6.88. The molecule has 1 aliphatic heterocycles. The van der Waals surface area contributed by atoms with Crippen molar-refractivity contribution < 1.29 is 22.8 Å². The zero-order chi connectivity index (χ0) is 25.6. The summed E-state index contributed by atoms with van der Waals surface area (Å²) in [7, 11) is -4.10. The van der Waals surface area contributed by atoms with Crippen LogP contribution >= 0.6 is 12.2 Å². The van der Waals surface area contributed by atoms with Crippen LogP contribution in [0.5, 0.6) is 11.6 Å². The van der Waals surface area contributed by atoms with Gasteiger partial charge in [-0.3, -0.25) is 18.5 Å². The normalized spacial score (nSPS) is 12.9. The van der Waals surface area contributed by atoms with Crippen LogP contribution in [-0.4, -0.2) is 39.5 Å². The van der Waals surface area contributed by atoms with E-state index >= 15 is 0 Å². The van der Waals surface area contributed by atoms with Crippen LogP contribution in [0, 0.1) is 4.77 Å². The molecular formula is C24H31N3O6S2. The average molecular weight is 522 g/mol. The lowest BCUT2D eigenvalue weighted by Gasteiger charge is -2.17. The fourth-order valence-corrected chi connectivity index (χ4v) is 4.62. The maximum absolute atomic E-state index is 13.2. The first kappa shape index (κ1) is 26.7. The molecule has 0 fully saturated rings. The minimum atomic E-state index is -4.10. The monoisotopic (exact) mass is 521 g/mol. The van der Waals surface area contributed by atoms with Gasteiger partial charge in [0.05, 0.1) is 11.4 Å². The van der Waals surface area contributed by atoms with Crippen molar-refractivity contribution >= 4 is 34.1 Å². The number of rotatable bonds is 11. The number of anilines is 1. The highest BCUT2D eigenvalue weighted by Gasteiger charge is 2.26. The number of hydrogen-bond acceptors (Lipinski definition) is 7. The van der Waals surface area contributed by atoms with Gasteiger partial charge in [-0.15, -0.1) is 0 Å². The molecule has 1 aromatic carbocycles. The van der Waals surface area contributed by atoms with Crippen molar-refractivity contribution in [1.82, 2.24) is 9.13 Å². The molecule has 0 bridgehead atoms. The maximum Gasteiger partial charge on any atom is 0.266 e. The van der Waals surface area contributed by atoms with Crippen LogP contribution in [0.3, 0.4) is 0 Å². The lowest BCUT2D eigenvalue weighted by atomic mass is 10.2. The summed E-state index contributed by atoms with van der Waals surface area (Å²) in [6.45, 7) is 5.22. The number of ether oxygens (including phenoxy) is 1. The minimum absolute atomic E-state index is 0.0516. The molecule has 2 aromatic rings. The Kier molecular flexibility index (Phi) is 8.96. The fourth-order valence-electron chi connectivity index (χ4n) is 3.77. The molecule has 0 spiro atoms. The van der Waals surface area contributed by atoms with Crippen molar-refractivity contribution in [3.05, 3.63) is 56.6 Å². The van der Waals surface area contributed by atoms with Gasteiger partial charge in [0.1, 0.15) is 5.56 Å². The van der Waals surface area contributed by atoms with Crippen molar-refractivity contribution in [3.63, 3.8) is 0 Å². The molecule has 0 atom stereocenters. The second-order valence-electron chi connectivity index (χ2n) is 8.29. The topological polar surface area (TPSA) is 114 Å². The predicted molar refractivity (Wildman–Crippen MR) is 138 cm³/mol. The van der Waals surface area contributed by atoms with E-state index < -0.39 is 21.4 Å². The Morgan fingerprint density at radius 1 is 1.06 bits per heavy atom. The van der Waals surface area contributed by atoms with Crippen LogP contribution in [0.1, 0.15) is 51.5 Å². The quantitative estimate of drug-likeness (QED) is 0.255. The van der Waals surface area contributed by atoms with E-state index in [1.165, 1.54) is 10.6 Å². The molecule has 0 amide bonds. The van der Waals surface area contributed by atoms with Gasteiger partial charge < -0.3 is 14.7 Å². The van der Waals surface area contributed by atoms with Gasteiger partial charge in [-0.05, 0) is 43.6 Å². The van der Waals surface area contributed by atoms with E-state index in [0.29, 0.717) is 24.5 Å². The molecule has 0 unspecified atom stereocenters. The van der Waals surface area contributed by atoms with Crippen molar-refractivity contribution in [2.24, 2.45) is 0 Å². The highest BCUT2D eigenvalue weighted by molar-refractivity contribution is 7.85. The third kappa shape index (κ3) is 6.43. The standard InChI is InChI=1S/C24H31N3O6S2/c1-3-5-14-26-22(28)18(23(29)27(24(26)34)15-6-4-2)12-13-21-25(16-9-17-35(30,31)32)19-10-7-8-11-20(19)33-21/h7-8,10-12,28H,3-6,9,14-17H2,1-2H3,(H,30,31,32). The van der Waals surface area contributed by atoms with Crippen molar-refractivity contribution in [1.29, 1.82) is 0 Å². The molecular weight excluding hydrogens is 490 g/mol. The van der Waals surface area contributed by atoms with Crippen LogP contribution < -0.4 is 15.2 Å². The van der Waals surface area contributed by atoms with Crippen LogP contribution in [0.4, 0.5) is 5.69 Å². The Labute approximate surface area is 210 Å². The predicted octanol–water partition coefficient (Wildman–Crippen LogP) is 4.32. The van der Waals surface area contributed by atoms with E-state index in [1.807, 2.05) is 26.0 Å². The Hall–Kier alpha value is -2.85.